The van der Waals surface area contributed by atoms with E-state index in [0.29, 0.717) is 0 Å². The van der Waals surface area contributed by atoms with Crippen LogP contribution in [0, 0.1) is 0 Å². The number of hydrogen-bond donors (Lipinski definition) is 1. The Morgan fingerprint density at radius 3 is 2.20 bits per heavy atom. The van der Waals surface area contributed by atoms with Gasteiger partial charge in [-0.05, 0) is 6.07 Å². The zero-order chi connectivity index (χ0) is 15.7. The molecule has 112 valence electrons. The van der Waals surface area contributed by atoms with Gasteiger partial charge in [-0.15, -0.1) is 24.8 Å². The van der Waals surface area contributed by atoms with Crippen LogP contribution in [0.4, 0.5) is 26.3 Å². The number of carbonyl (C=O) groups is 1. The Morgan fingerprint density at radius 2 is 1.85 bits per heavy atom. The summed E-state index contributed by atoms with van der Waals surface area (Å²) in [5.74, 6) is -4.29. The Bertz CT molecular complexity index is 528. The van der Waals surface area contributed by atoms with Gasteiger partial charge in [0.2, 0.25) is 0 Å². The van der Waals surface area contributed by atoms with Gasteiger partial charge >= 0.3 is 18.5 Å². The molecule has 1 aromatic rings. The minimum absolute atomic E-state index is 0.250. The molecule has 0 atom stereocenters. The van der Waals surface area contributed by atoms with Crippen LogP contribution in [0.15, 0.2) is 6.07 Å². The van der Waals surface area contributed by atoms with Crippen molar-refractivity contribution in [2.24, 2.45) is 0 Å². The molecule has 20 heavy (non-hydrogen) atoms. The molecule has 11 heteroatoms. The van der Waals surface area contributed by atoms with Gasteiger partial charge in [0.1, 0.15) is 5.69 Å². The number of aromatic carboxylic acids is 1. The molecule has 0 aromatic carbocycles. The van der Waals surface area contributed by atoms with Gasteiger partial charge in [0.05, 0.1) is 0 Å². The molecular weight excluding hydrogens is 320 g/mol. The molecule has 1 rings (SSSR count). The summed E-state index contributed by atoms with van der Waals surface area (Å²) in [6.07, 6.45) is -10.3. The first-order chi connectivity index (χ1) is 8.95. The molecule has 0 aliphatic rings. The molecule has 4 nitrogen and oxygen atoms in total. The van der Waals surface area contributed by atoms with Gasteiger partial charge in [0, 0.05) is 11.4 Å². The lowest BCUT2D eigenvalue weighted by molar-refractivity contribution is -0.274. The highest BCUT2D eigenvalue weighted by Gasteiger charge is 2.39. The first-order valence-corrected chi connectivity index (χ1v) is 5.15. The number of aromatic nitrogens is 1. The van der Waals surface area contributed by atoms with E-state index in [1.54, 1.807) is 0 Å². The molecule has 1 aromatic heterocycles. The van der Waals surface area contributed by atoms with Crippen LogP contribution in [0.5, 0.6) is 5.75 Å². The summed E-state index contributed by atoms with van der Waals surface area (Å²) in [5.41, 5.74) is -4.02. The predicted molar refractivity (Wildman–Crippen MR) is 52.4 cm³/mol. The van der Waals surface area contributed by atoms with Crippen LogP contribution in [0.1, 0.15) is 21.7 Å². The van der Waals surface area contributed by atoms with Crippen molar-refractivity contribution in [1.29, 1.82) is 0 Å². The quantitative estimate of drug-likeness (QED) is 0.684. The summed E-state index contributed by atoms with van der Waals surface area (Å²) in [7, 11) is 0. The first kappa shape index (κ1) is 16.3. The highest BCUT2D eigenvalue weighted by atomic mass is 35.5. The number of alkyl halides is 7. The van der Waals surface area contributed by atoms with E-state index in [1.165, 1.54) is 0 Å². The lowest BCUT2D eigenvalue weighted by Crippen LogP contribution is -2.22. The smallest absolute Gasteiger partial charge is 0.476 e. The third kappa shape index (κ3) is 3.89. The molecule has 1 N–H and O–H groups in total. The molecule has 0 bridgehead atoms. The Hall–Kier alpha value is -1.71. The Kier molecular flexibility index (Phi) is 4.37. The summed E-state index contributed by atoms with van der Waals surface area (Å²) in [5, 5.41) is 8.61. The number of halogens is 7. The molecule has 0 spiro atoms. The average Bonchev–Trinajstić information content (AvgIpc) is 2.24. The minimum Gasteiger partial charge on any atom is -0.476 e. The molecule has 0 fully saturated rings. The maximum Gasteiger partial charge on any atom is 0.573 e. The summed E-state index contributed by atoms with van der Waals surface area (Å²) in [4.78, 5) is 13.3. The molecule has 0 saturated heterocycles. The van der Waals surface area contributed by atoms with Crippen LogP contribution in [0.25, 0.3) is 0 Å². The minimum atomic E-state index is -5.28. The first-order valence-electron chi connectivity index (χ1n) is 4.62. The fourth-order valence-corrected chi connectivity index (χ4v) is 1.44. The normalized spacial score (nSPS) is 12.3. The number of nitrogens with zero attached hydrogens (tertiary/aromatic N) is 1. The predicted octanol–water partition coefficient (Wildman–Crippen LogP) is 3.44. The summed E-state index contributed by atoms with van der Waals surface area (Å²) >= 11 is 5.19. The molecule has 0 radical (unpaired) electrons. The van der Waals surface area contributed by atoms with Gasteiger partial charge in [-0.25, -0.2) is 9.78 Å². The van der Waals surface area contributed by atoms with E-state index in [4.69, 9.17) is 16.7 Å². The molecule has 0 saturated carbocycles. The average molecular weight is 324 g/mol. The van der Waals surface area contributed by atoms with Gasteiger partial charge < -0.3 is 9.84 Å². The van der Waals surface area contributed by atoms with Crippen molar-refractivity contribution in [1.82, 2.24) is 4.98 Å². The second-order valence-electron chi connectivity index (χ2n) is 3.33. The second kappa shape index (κ2) is 5.35. The SMILES string of the molecule is O=C(O)c1nc(C(F)(F)F)c(CCl)cc1OC(F)(F)F. The van der Waals surface area contributed by atoms with Crippen molar-refractivity contribution in [3.05, 3.63) is 23.0 Å². The lowest BCUT2D eigenvalue weighted by Gasteiger charge is -2.15. The van der Waals surface area contributed by atoms with Crippen LogP contribution in [-0.4, -0.2) is 22.4 Å². The Morgan fingerprint density at radius 1 is 1.30 bits per heavy atom. The summed E-state index contributed by atoms with van der Waals surface area (Å²) in [6, 6.07) is 0.250. The van der Waals surface area contributed by atoms with Gasteiger partial charge in [-0.2, -0.15) is 13.2 Å². The van der Waals surface area contributed by atoms with E-state index >= 15 is 0 Å². The third-order valence-corrected chi connectivity index (χ3v) is 2.20. The van der Waals surface area contributed by atoms with Gasteiger partial charge in [0.25, 0.3) is 0 Å². The molecule has 0 aliphatic carbocycles. The number of rotatable bonds is 3. The van der Waals surface area contributed by atoms with Crippen molar-refractivity contribution >= 4 is 17.6 Å². The molecule has 1 heterocycles. The van der Waals surface area contributed by atoms with Crippen molar-refractivity contribution in [3.8, 4) is 5.75 Å². The number of carboxylic acid groups (broad SMARTS) is 1. The van der Waals surface area contributed by atoms with Crippen LogP contribution < -0.4 is 4.74 Å². The number of ether oxygens (including phenoxy) is 1. The van der Waals surface area contributed by atoms with Crippen molar-refractivity contribution in [3.63, 3.8) is 0 Å². The monoisotopic (exact) mass is 323 g/mol. The van der Waals surface area contributed by atoms with Crippen molar-refractivity contribution < 1.29 is 41.0 Å². The fourth-order valence-electron chi connectivity index (χ4n) is 1.24. The summed E-state index contributed by atoms with van der Waals surface area (Å²) in [6.45, 7) is 0. The van der Waals surface area contributed by atoms with Crippen LogP contribution >= 0.6 is 11.6 Å². The van der Waals surface area contributed by atoms with E-state index in [2.05, 4.69) is 9.72 Å². The highest BCUT2D eigenvalue weighted by Crippen LogP contribution is 2.35. The Labute approximate surface area is 111 Å². The van der Waals surface area contributed by atoms with E-state index in [9.17, 15) is 31.1 Å². The van der Waals surface area contributed by atoms with Crippen LogP contribution in [-0.2, 0) is 12.1 Å². The molecule has 0 aliphatic heterocycles. The van der Waals surface area contributed by atoms with Gasteiger partial charge in [-0.3, -0.25) is 0 Å². The summed E-state index contributed by atoms with van der Waals surface area (Å²) < 4.78 is 77.2. The second-order valence-corrected chi connectivity index (χ2v) is 3.59. The van der Waals surface area contributed by atoms with E-state index < -0.39 is 47.1 Å². The molecule has 0 unspecified atom stereocenters. The fraction of sp³-hybridized carbons (Fsp3) is 0.333. The van der Waals surface area contributed by atoms with E-state index in [0.717, 1.165) is 0 Å². The molecular formula is C9H4ClF6NO3. The van der Waals surface area contributed by atoms with E-state index in [-0.39, 0.29) is 6.07 Å². The maximum atomic E-state index is 12.6. The van der Waals surface area contributed by atoms with Crippen molar-refractivity contribution in [2.75, 3.05) is 0 Å². The number of carboxylic acids is 1. The zero-order valence-electron chi connectivity index (χ0n) is 9.14. The van der Waals surface area contributed by atoms with Gasteiger partial charge in [0.15, 0.2) is 11.4 Å². The zero-order valence-corrected chi connectivity index (χ0v) is 9.90. The van der Waals surface area contributed by atoms with E-state index in [1.807, 2.05) is 0 Å². The number of pyridine rings is 1. The van der Waals surface area contributed by atoms with Crippen molar-refractivity contribution in [2.45, 2.75) is 18.4 Å². The standard InChI is InChI=1S/C9H4ClF6NO3/c10-2-3-1-4(20-9(14,15)16)5(7(18)19)17-6(3)8(11,12)13/h1H,2H2,(H,18,19). The Balaban J connectivity index is 3.50. The lowest BCUT2D eigenvalue weighted by atomic mass is 10.1. The molecule has 0 amide bonds. The van der Waals surface area contributed by atoms with Gasteiger partial charge in [-0.1, -0.05) is 0 Å². The topological polar surface area (TPSA) is 59.4 Å². The maximum absolute atomic E-state index is 12.6. The highest BCUT2D eigenvalue weighted by molar-refractivity contribution is 6.17. The van der Waals surface area contributed by atoms with Crippen LogP contribution in [0.3, 0.4) is 0 Å². The number of hydrogen-bond acceptors (Lipinski definition) is 3. The third-order valence-electron chi connectivity index (χ3n) is 1.91. The van der Waals surface area contributed by atoms with Crippen LogP contribution in [0.2, 0.25) is 0 Å². The largest absolute Gasteiger partial charge is 0.573 e.